The Labute approximate surface area is 133 Å². The lowest BCUT2D eigenvalue weighted by Gasteiger charge is -2.11. The lowest BCUT2D eigenvalue weighted by Crippen LogP contribution is -2.00. The molecule has 7 nitrogen and oxygen atoms in total. The van der Waals surface area contributed by atoms with Crippen LogP contribution in [-0.2, 0) is 6.42 Å². The highest BCUT2D eigenvalue weighted by Crippen LogP contribution is 2.33. The smallest absolute Gasteiger partial charge is 0.263 e. The van der Waals surface area contributed by atoms with Gasteiger partial charge in [0.25, 0.3) is 5.71 Å². The second kappa shape index (κ2) is 6.12. The zero-order chi connectivity index (χ0) is 16.4. The molecule has 0 amide bonds. The number of nitrogens with one attached hydrogen (secondary N) is 1. The third-order valence-corrected chi connectivity index (χ3v) is 3.50. The van der Waals surface area contributed by atoms with Crippen molar-refractivity contribution in [3.05, 3.63) is 29.7 Å². The minimum absolute atomic E-state index is 0.484. The molecule has 0 aliphatic heterocycles. The molecule has 120 valence electrons. The molecule has 0 radical (unpaired) electrons. The fourth-order valence-corrected chi connectivity index (χ4v) is 2.40. The molecule has 2 aromatic heterocycles. The fraction of sp³-hybridized carbons (Fsp3) is 0.312. The van der Waals surface area contributed by atoms with Gasteiger partial charge in [0.05, 0.1) is 19.9 Å². The van der Waals surface area contributed by atoms with Crippen LogP contribution in [0.2, 0.25) is 0 Å². The summed E-state index contributed by atoms with van der Waals surface area (Å²) in [4.78, 5) is 8.76. The maximum atomic E-state index is 5.33. The zero-order valence-corrected chi connectivity index (χ0v) is 13.5. The van der Waals surface area contributed by atoms with E-state index in [4.69, 9.17) is 14.0 Å². The summed E-state index contributed by atoms with van der Waals surface area (Å²) in [6.07, 6.45) is 0.736. The molecule has 0 spiro atoms. The zero-order valence-electron chi connectivity index (χ0n) is 13.5. The third-order valence-electron chi connectivity index (χ3n) is 3.50. The number of ether oxygens (including phenoxy) is 2. The van der Waals surface area contributed by atoms with Gasteiger partial charge in [-0.05, 0) is 25.5 Å². The number of aromatic nitrogens is 3. The molecule has 0 saturated heterocycles. The van der Waals surface area contributed by atoms with Crippen LogP contribution in [0.15, 0.2) is 22.7 Å². The van der Waals surface area contributed by atoms with Crippen molar-refractivity contribution < 1.29 is 14.0 Å². The van der Waals surface area contributed by atoms with Crippen LogP contribution in [0.25, 0.3) is 11.1 Å². The largest absolute Gasteiger partial charge is 0.493 e. The number of benzene rings is 1. The maximum Gasteiger partial charge on any atom is 0.263 e. The average molecular weight is 314 g/mol. The minimum Gasteiger partial charge on any atom is -0.493 e. The summed E-state index contributed by atoms with van der Waals surface area (Å²) < 4.78 is 15.9. The van der Waals surface area contributed by atoms with Crippen molar-refractivity contribution in [3.63, 3.8) is 0 Å². The summed E-state index contributed by atoms with van der Waals surface area (Å²) in [5.74, 6) is 2.58. The molecule has 2 heterocycles. The van der Waals surface area contributed by atoms with Crippen molar-refractivity contribution in [1.29, 1.82) is 0 Å². The van der Waals surface area contributed by atoms with Gasteiger partial charge >= 0.3 is 0 Å². The number of anilines is 2. The number of nitrogens with zero attached hydrogens (tertiary/aromatic N) is 3. The van der Waals surface area contributed by atoms with Gasteiger partial charge in [-0.3, -0.25) is 0 Å². The van der Waals surface area contributed by atoms with Crippen LogP contribution in [0, 0.1) is 6.92 Å². The minimum atomic E-state index is 0.484. The summed E-state index contributed by atoms with van der Waals surface area (Å²) >= 11 is 0. The molecule has 0 fully saturated rings. The van der Waals surface area contributed by atoms with Crippen LogP contribution in [0.4, 0.5) is 11.5 Å². The van der Waals surface area contributed by atoms with Gasteiger partial charge in [-0.25, -0.2) is 4.98 Å². The molecule has 23 heavy (non-hydrogen) atoms. The van der Waals surface area contributed by atoms with Crippen molar-refractivity contribution in [2.45, 2.75) is 20.3 Å². The van der Waals surface area contributed by atoms with E-state index in [1.54, 1.807) is 14.2 Å². The van der Waals surface area contributed by atoms with Gasteiger partial charge in [0, 0.05) is 11.8 Å². The van der Waals surface area contributed by atoms with Crippen LogP contribution in [-0.4, -0.2) is 29.3 Å². The first kappa shape index (κ1) is 15.1. The van der Waals surface area contributed by atoms with Crippen molar-refractivity contribution >= 4 is 22.6 Å². The van der Waals surface area contributed by atoms with Crippen LogP contribution in [0.1, 0.15) is 18.4 Å². The van der Waals surface area contributed by atoms with E-state index in [0.717, 1.165) is 23.2 Å². The summed E-state index contributed by atoms with van der Waals surface area (Å²) in [6.45, 7) is 3.82. The molecule has 0 atom stereocenters. The number of methoxy groups -OCH3 is 2. The van der Waals surface area contributed by atoms with E-state index in [0.29, 0.717) is 28.9 Å². The Morgan fingerprint density at radius 3 is 2.61 bits per heavy atom. The van der Waals surface area contributed by atoms with Crippen LogP contribution < -0.4 is 14.8 Å². The number of fused-ring (bicyclic) bond motifs is 1. The van der Waals surface area contributed by atoms with Gasteiger partial charge < -0.3 is 19.3 Å². The second-order valence-corrected chi connectivity index (χ2v) is 4.98. The predicted octanol–water partition coefficient (Wildman–Crippen LogP) is 3.25. The molecular formula is C16H18N4O3. The normalized spacial score (nSPS) is 10.8. The van der Waals surface area contributed by atoms with E-state index >= 15 is 0 Å². The van der Waals surface area contributed by atoms with Crippen molar-refractivity contribution in [3.8, 4) is 11.5 Å². The molecule has 0 saturated carbocycles. The Bertz CT molecular complexity index is 845. The molecule has 3 rings (SSSR count). The van der Waals surface area contributed by atoms with E-state index < -0.39 is 0 Å². The van der Waals surface area contributed by atoms with E-state index in [-0.39, 0.29) is 0 Å². The predicted molar refractivity (Wildman–Crippen MR) is 86.5 cm³/mol. The molecule has 3 aromatic rings. The summed E-state index contributed by atoms with van der Waals surface area (Å²) in [5, 5.41) is 8.14. The Balaban J connectivity index is 2.06. The van der Waals surface area contributed by atoms with E-state index in [2.05, 4.69) is 20.4 Å². The fourth-order valence-electron chi connectivity index (χ4n) is 2.40. The number of hydrogen-bond donors (Lipinski definition) is 1. The van der Waals surface area contributed by atoms with Gasteiger partial charge in [-0.2, -0.15) is 4.98 Å². The van der Waals surface area contributed by atoms with Crippen molar-refractivity contribution in [2.24, 2.45) is 0 Å². The Morgan fingerprint density at radius 2 is 1.91 bits per heavy atom. The van der Waals surface area contributed by atoms with E-state index in [1.165, 1.54) is 0 Å². The molecule has 1 aromatic carbocycles. The second-order valence-electron chi connectivity index (χ2n) is 4.98. The number of rotatable bonds is 5. The summed E-state index contributed by atoms with van der Waals surface area (Å²) in [7, 11) is 3.21. The average Bonchev–Trinajstić information content (AvgIpc) is 2.97. The molecular weight excluding hydrogens is 296 g/mol. The van der Waals surface area contributed by atoms with Gasteiger partial charge in [0.15, 0.2) is 11.5 Å². The Kier molecular flexibility index (Phi) is 4.01. The van der Waals surface area contributed by atoms with Gasteiger partial charge in [0.1, 0.15) is 17.0 Å². The molecule has 0 aliphatic carbocycles. The lowest BCUT2D eigenvalue weighted by molar-refractivity contribution is 0.355. The van der Waals surface area contributed by atoms with Crippen LogP contribution in [0.5, 0.6) is 11.5 Å². The van der Waals surface area contributed by atoms with Crippen molar-refractivity contribution in [2.75, 3.05) is 19.5 Å². The highest BCUT2D eigenvalue weighted by atomic mass is 16.5. The SMILES string of the molecule is CCc1noc2nc(C)nc(Nc3ccc(OC)c(OC)c3)c12. The monoisotopic (exact) mass is 314 g/mol. The lowest BCUT2D eigenvalue weighted by atomic mass is 10.2. The van der Waals surface area contributed by atoms with Gasteiger partial charge in [-0.15, -0.1) is 0 Å². The van der Waals surface area contributed by atoms with Gasteiger partial charge in [0.2, 0.25) is 0 Å². The van der Waals surface area contributed by atoms with E-state index in [9.17, 15) is 0 Å². The first-order chi connectivity index (χ1) is 11.2. The number of hydrogen-bond acceptors (Lipinski definition) is 7. The summed E-state index contributed by atoms with van der Waals surface area (Å²) in [5.41, 5.74) is 2.13. The summed E-state index contributed by atoms with van der Waals surface area (Å²) in [6, 6.07) is 5.58. The molecule has 0 aliphatic rings. The quantitative estimate of drug-likeness (QED) is 0.774. The van der Waals surface area contributed by atoms with Gasteiger partial charge in [-0.1, -0.05) is 12.1 Å². The van der Waals surface area contributed by atoms with Crippen molar-refractivity contribution in [1.82, 2.24) is 15.1 Å². The maximum absolute atomic E-state index is 5.33. The first-order valence-electron chi connectivity index (χ1n) is 7.28. The highest BCUT2D eigenvalue weighted by molar-refractivity contribution is 5.89. The molecule has 0 bridgehead atoms. The first-order valence-corrected chi connectivity index (χ1v) is 7.28. The van der Waals surface area contributed by atoms with Crippen LogP contribution >= 0.6 is 0 Å². The molecule has 7 heteroatoms. The highest BCUT2D eigenvalue weighted by Gasteiger charge is 2.16. The molecule has 0 unspecified atom stereocenters. The topological polar surface area (TPSA) is 82.3 Å². The standard InChI is InChI=1S/C16H18N4O3/c1-5-11-14-15(17-9(2)18-16(14)23-20-11)19-10-6-7-12(21-3)13(8-10)22-4/h6-8H,5H2,1-4H3,(H,17,18,19). The Hall–Kier alpha value is -2.83. The molecule has 1 N–H and O–H groups in total. The van der Waals surface area contributed by atoms with E-state index in [1.807, 2.05) is 32.0 Å². The third kappa shape index (κ3) is 2.77. The van der Waals surface area contributed by atoms with Crippen LogP contribution in [0.3, 0.4) is 0 Å². The number of aryl methyl sites for hydroxylation is 2. The Morgan fingerprint density at radius 1 is 1.13 bits per heavy atom.